The third-order valence-corrected chi connectivity index (χ3v) is 4.42. The summed E-state index contributed by atoms with van der Waals surface area (Å²) < 4.78 is 42.0. The molecule has 126 valence electrons. The molecule has 1 aliphatic carbocycles. The molecule has 1 heterocycles. The number of esters is 1. The number of carbonyl (C=O) groups excluding carboxylic acids is 2. The lowest BCUT2D eigenvalue weighted by molar-refractivity contribution is -0.223. The van der Waals surface area contributed by atoms with E-state index in [9.17, 15) is 22.8 Å². The number of carbonyl (C=O) groups is 2. The summed E-state index contributed by atoms with van der Waals surface area (Å²) in [5, 5.41) is 3.18. The minimum absolute atomic E-state index is 0.0131. The van der Waals surface area contributed by atoms with Crippen LogP contribution in [-0.2, 0) is 14.3 Å². The van der Waals surface area contributed by atoms with Crippen molar-refractivity contribution in [1.29, 1.82) is 0 Å². The smallest absolute Gasteiger partial charge is 0.451 e. The van der Waals surface area contributed by atoms with Gasteiger partial charge in [-0.3, -0.25) is 4.79 Å². The minimum atomic E-state index is -5.00. The Balaban J connectivity index is 2.05. The standard InChI is InChI=1S/C14H21F3N2O3/c1-10(20)19(11-3-7-18-8-4-11)9-13(5-2-6-13)22-12(21)14(15,16)17/h11,18H,2-9H2,1H3. The van der Waals surface area contributed by atoms with Crippen molar-refractivity contribution in [2.24, 2.45) is 0 Å². The quantitative estimate of drug-likeness (QED) is 0.799. The average molecular weight is 322 g/mol. The highest BCUT2D eigenvalue weighted by molar-refractivity contribution is 5.76. The molecule has 1 saturated carbocycles. The zero-order valence-electron chi connectivity index (χ0n) is 12.5. The Hall–Kier alpha value is -1.31. The summed E-state index contributed by atoms with van der Waals surface area (Å²) >= 11 is 0. The molecule has 0 spiro atoms. The van der Waals surface area contributed by atoms with Gasteiger partial charge in [-0.15, -0.1) is 0 Å². The molecule has 0 atom stereocenters. The molecule has 8 heteroatoms. The zero-order valence-corrected chi connectivity index (χ0v) is 12.5. The molecular weight excluding hydrogens is 301 g/mol. The molecule has 2 fully saturated rings. The Morgan fingerprint density at radius 2 is 1.86 bits per heavy atom. The van der Waals surface area contributed by atoms with Crippen molar-refractivity contribution in [2.75, 3.05) is 19.6 Å². The van der Waals surface area contributed by atoms with E-state index in [1.807, 2.05) is 0 Å². The van der Waals surface area contributed by atoms with Crippen molar-refractivity contribution in [1.82, 2.24) is 10.2 Å². The average Bonchev–Trinajstić information content (AvgIpc) is 2.40. The minimum Gasteiger partial charge on any atom is -0.451 e. The maximum atomic E-state index is 12.4. The van der Waals surface area contributed by atoms with Gasteiger partial charge in [-0.05, 0) is 45.2 Å². The zero-order chi connectivity index (χ0) is 16.4. The molecule has 2 rings (SSSR count). The third kappa shape index (κ3) is 3.91. The summed E-state index contributed by atoms with van der Waals surface area (Å²) in [6.45, 7) is 2.99. The fourth-order valence-corrected chi connectivity index (χ4v) is 3.04. The summed E-state index contributed by atoms with van der Waals surface area (Å²) in [6, 6.07) is -0.0131. The first-order chi connectivity index (χ1) is 10.2. The van der Waals surface area contributed by atoms with Gasteiger partial charge in [0.05, 0.1) is 6.54 Å². The number of rotatable bonds is 4. The molecule has 1 N–H and O–H groups in total. The van der Waals surface area contributed by atoms with Gasteiger partial charge in [-0.2, -0.15) is 13.2 Å². The van der Waals surface area contributed by atoms with Crippen LogP contribution >= 0.6 is 0 Å². The molecule has 0 unspecified atom stereocenters. The molecule has 0 aromatic rings. The van der Waals surface area contributed by atoms with Gasteiger partial charge in [0.15, 0.2) is 0 Å². The normalized spacial score (nSPS) is 21.8. The van der Waals surface area contributed by atoms with Crippen LogP contribution in [0.2, 0.25) is 0 Å². The van der Waals surface area contributed by atoms with Crippen molar-refractivity contribution in [3.8, 4) is 0 Å². The van der Waals surface area contributed by atoms with Crippen LogP contribution in [0.4, 0.5) is 13.2 Å². The second-order valence-corrected chi connectivity index (χ2v) is 6.05. The van der Waals surface area contributed by atoms with Gasteiger partial charge in [-0.25, -0.2) is 4.79 Å². The fourth-order valence-electron chi connectivity index (χ4n) is 3.04. The predicted molar refractivity (Wildman–Crippen MR) is 72.0 cm³/mol. The van der Waals surface area contributed by atoms with Crippen LogP contribution in [-0.4, -0.2) is 54.2 Å². The van der Waals surface area contributed by atoms with Crippen molar-refractivity contribution in [3.05, 3.63) is 0 Å². The van der Waals surface area contributed by atoms with E-state index >= 15 is 0 Å². The summed E-state index contributed by atoms with van der Waals surface area (Å²) in [6.07, 6.45) is -2.07. The van der Waals surface area contributed by atoms with E-state index in [2.05, 4.69) is 5.32 Å². The highest BCUT2D eigenvalue weighted by Gasteiger charge is 2.50. The number of hydrogen-bond acceptors (Lipinski definition) is 4. The summed E-state index contributed by atoms with van der Waals surface area (Å²) in [5.74, 6) is -2.36. The predicted octanol–water partition coefficient (Wildman–Crippen LogP) is 1.62. The van der Waals surface area contributed by atoms with Gasteiger partial charge >= 0.3 is 12.1 Å². The Bertz CT molecular complexity index is 430. The molecule has 0 aromatic carbocycles. The number of hydrogen-bond donors (Lipinski definition) is 1. The Kier molecular flexibility index (Phi) is 4.99. The molecule has 22 heavy (non-hydrogen) atoms. The second-order valence-electron chi connectivity index (χ2n) is 6.05. The lowest BCUT2D eigenvalue weighted by atomic mass is 9.79. The maximum Gasteiger partial charge on any atom is 0.490 e. The monoisotopic (exact) mass is 322 g/mol. The Morgan fingerprint density at radius 3 is 2.27 bits per heavy atom. The first-order valence-corrected chi connectivity index (χ1v) is 7.52. The fraction of sp³-hybridized carbons (Fsp3) is 0.857. The lowest BCUT2D eigenvalue weighted by Gasteiger charge is -2.46. The van der Waals surface area contributed by atoms with Crippen molar-refractivity contribution < 1.29 is 27.5 Å². The largest absolute Gasteiger partial charge is 0.490 e. The van der Waals surface area contributed by atoms with Gasteiger partial charge in [0.1, 0.15) is 5.60 Å². The number of ether oxygens (including phenoxy) is 1. The van der Waals surface area contributed by atoms with Gasteiger partial charge in [0.2, 0.25) is 5.91 Å². The number of halogens is 3. The highest BCUT2D eigenvalue weighted by Crippen LogP contribution is 2.39. The van der Waals surface area contributed by atoms with E-state index < -0.39 is 17.7 Å². The van der Waals surface area contributed by atoms with Crippen molar-refractivity contribution >= 4 is 11.9 Å². The van der Waals surface area contributed by atoms with Crippen molar-refractivity contribution in [2.45, 2.75) is 56.8 Å². The first kappa shape index (κ1) is 17.1. The van der Waals surface area contributed by atoms with E-state index in [1.54, 1.807) is 4.90 Å². The molecule has 0 aromatic heterocycles. The lowest BCUT2D eigenvalue weighted by Crippen LogP contribution is -2.57. The second kappa shape index (κ2) is 6.44. The van der Waals surface area contributed by atoms with Crippen LogP contribution < -0.4 is 5.32 Å². The van der Waals surface area contributed by atoms with Gasteiger partial charge in [0, 0.05) is 13.0 Å². The van der Waals surface area contributed by atoms with Gasteiger partial charge < -0.3 is 15.0 Å². The number of alkyl halides is 3. The summed E-state index contributed by atoms with van der Waals surface area (Å²) in [5.41, 5.74) is -1.18. The number of amides is 1. The molecule has 5 nitrogen and oxygen atoms in total. The highest BCUT2D eigenvalue weighted by atomic mass is 19.4. The topological polar surface area (TPSA) is 58.6 Å². The molecule has 0 radical (unpaired) electrons. The Labute approximate surface area is 127 Å². The number of nitrogens with one attached hydrogen (secondary N) is 1. The van der Waals surface area contributed by atoms with E-state index in [0.717, 1.165) is 25.9 Å². The van der Waals surface area contributed by atoms with E-state index in [1.165, 1.54) is 6.92 Å². The molecular formula is C14H21F3N2O3. The van der Waals surface area contributed by atoms with E-state index in [0.29, 0.717) is 19.3 Å². The summed E-state index contributed by atoms with van der Waals surface area (Å²) in [7, 11) is 0. The first-order valence-electron chi connectivity index (χ1n) is 7.52. The molecule has 1 aliphatic heterocycles. The number of piperidine rings is 1. The maximum absolute atomic E-state index is 12.4. The van der Waals surface area contributed by atoms with Crippen LogP contribution in [0.1, 0.15) is 39.0 Å². The summed E-state index contributed by atoms with van der Waals surface area (Å²) in [4.78, 5) is 24.6. The van der Waals surface area contributed by atoms with Crippen LogP contribution in [0.3, 0.4) is 0 Å². The van der Waals surface area contributed by atoms with Crippen molar-refractivity contribution in [3.63, 3.8) is 0 Å². The van der Waals surface area contributed by atoms with Crippen LogP contribution in [0.25, 0.3) is 0 Å². The molecule has 0 bridgehead atoms. The Morgan fingerprint density at radius 1 is 1.27 bits per heavy atom. The molecule has 1 saturated heterocycles. The van der Waals surface area contributed by atoms with E-state index in [4.69, 9.17) is 4.74 Å². The van der Waals surface area contributed by atoms with Gasteiger partial charge in [-0.1, -0.05) is 0 Å². The van der Waals surface area contributed by atoms with Crippen LogP contribution in [0.15, 0.2) is 0 Å². The van der Waals surface area contributed by atoms with Gasteiger partial charge in [0.25, 0.3) is 0 Å². The molecule has 2 aliphatic rings. The van der Waals surface area contributed by atoms with Crippen LogP contribution in [0.5, 0.6) is 0 Å². The number of nitrogens with zero attached hydrogens (tertiary/aromatic N) is 1. The van der Waals surface area contributed by atoms with Crippen LogP contribution in [0, 0.1) is 0 Å². The molecule has 1 amide bonds. The SMILES string of the molecule is CC(=O)N(CC1(OC(=O)C(F)(F)F)CCC1)C1CCNCC1. The van der Waals surface area contributed by atoms with E-state index in [-0.39, 0.29) is 18.5 Å². The third-order valence-electron chi connectivity index (χ3n) is 4.42.